The molecule has 0 heterocycles. The van der Waals surface area contributed by atoms with Crippen LogP contribution >= 0.6 is 0 Å². The first-order valence-electron chi connectivity index (χ1n) is 9.36. The summed E-state index contributed by atoms with van der Waals surface area (Å²) in [6, 6.07) is 11.2. The molecule has 0 aliphatic rings. The van der Waals surface area contributed by atoms with Crippen LogP contribution < -0.4 is 24.3 Å². The van der Waals surface area contributed by atoms with Crippen LogP contribution in [-0.4, -0.2) is 34.3 Å². The summed E-state index contributed by atoms with van der Waals surface area (Å²) >= 11 is 0. The van der Waals surface area contributed by atoms with Crippen molar-refractivity contribution in [2.45, 2.75) is 19.9 Å². The van der Waals surface area contributed by atoms with Gasteiger partial charge in [-0.05, 0) is 47.4 Å². The Hall–Kier alpha value is -3.15. The zero-order chi connectivity index (χ0) is 21.4. The minimum absolute atomic E-state index is 0.113. The smallest absolute Gasteiger partial charge is 0.244 e. The number of ether oxygens (including phenoxy) is 4. The molecule has 156 valence electrons. The largest absolute Gasteiger partial charge is 0.497 e. The number of methoxy groups -OCH3 is 4. The maximum Gasteiger partial charge on any atom is 0.244 e. The first-order chi connectivity index (χ1) is 13.9. The van der Waals surface area contributed by atoms with Gasteiger partial charge in [-0.3, -0.25) is 4.79 Å². The lowest BCUT2D eigenvalue weighted by atomic mass is 9.96. The molecule has 0 aliphatic carbocycles. The van der Waals surface area contributed by atoms with Crippen LogP contribution in [0.25, 0.3) is 6.08 Å². The van der Waals surface area contributed by atoms with Crippen molar-refractivity contribution in [2.24, 2.45) is 5.92 Å². The third kappa shape index (κ3) is 5.67. The maximum atomic E-state index is 12.5. The molecule has 0 aliphatic heterocycles. The van der Waals surface area contributed by atoms with Crippen LogP contribution in [0.15, 0.2) is 42.5 Å². The molecule has 29 heavy (non-hydrogen) atoms. The lowest BCUT2D eigenvalue weighted by Crippen LogP contribution is -2.30. The predicted molar refractivity (Wildman–Crippen MR) is 114 cm³/mol. The van der Waals surface area contributed by atoms with Crippen LogP contribution in [0, 0.1) is 5.92 Å². The zero-order valence-corrected chi connectivity index (χ0v) is 17.8. The van der Waals surface area contributed by atoms with Gasteiger partial charge in [0.05, 0.1) is 34.5 Å². The number of carbonyl (C=O) groups is 1. The summed E-state index contributed by atoms with van der Waals surface area (Å²) in [5.74, 6) is 2.39. The number of hydrogen-bond donors (Lipinski definition) is 1. The van der Waals surface area contributed by atoms with Crippen molar-refractivity contribution in [1.29, 1.82) is 0 Å². The third-order valence-corrected chi connectivity index (χ3v) is 4.55. The molecule has 0 aromatic heterocycles. The van der Waals surface area contributed by atoms with Gasteiger partial charge in [-0.1, -0.05) is 26.0 Å². The maximum absolute atomic E-state index is 12.5. The first-order valence-corrected chi connectivity index (χ1v) is 9.36. The highest BCUT2D eigenvalue weighted by Gasteiger charge is 2.17. The molecular weight excluding hydrogens is 370 g/mol. The monoisotopic (exact) mass is 399 g/mol. The highest BCUT2D eigenvalue weighted by Crippen LogP contribution is 2.38. The van der Waals surface area contributed by atoms with Crippen LogP contribution in [0.5, 0.6) is 23.0 Å². The van der Waals surface area contributed by atoms with E-state index in [0.29, 0.717) is 17.2 Å². The topological polar surface area (TPSA) is 66.0 Å². The molecular formula is C23H29NO5. The molecule has 0 fully saturated rings. The molecule has 0 unspecified atom stereocenters. The summed E-state index contributed by atoms with van der Waals surface area (Å²) < 4.78 is 21.2. The molecule has 1 N–H and O–H groups in total. The summed E-state index contributed by atoms with van der Waals surface area (Å²) in [5, 5.41) is 3.07. The van der Waals surface area contributed by atoms with E-state index < -0.39 is 0 Å². The number of benzene rings is 2. The lowest BCUT2D eigenvalue weighted by Gasteiger charge is -2.22. The quantitative estimate of drug-likeness (QED) is 0.639. The molecule has 2 aromatic carbocycles. The van der Waals surface area contributed by atoms with Crippen molar-refractivity contribution < 1.29 is 23.7 Å². The molecule has 1 amide bonds. The second-order valence-corrected chi connectivity index (χ2v) is 6.80. The van der Waals surface area contributed by atoms with Gasteiger partial charge in [-0.15, -0.1) is 0 Å². The van der Waals surface area contributed by atoms with Crippen molar-refractivity contribution in [3.8, 4) is 23.0 Å². The van der Waals surface area contributed by atoms with Crippen molar-refractivity contribution in [1.82, 2.24) is 5.32 Å². The Kier molecular flexibility index (Phi) is 7.95. The lowest BCUT2D eigenvalue weighted by molar-refractivity contribution is -0.117. The first kappa shape index (κ1) is 22.1. The second-order valence-electron chi connectivity index (χ2n) is 6.80. The van der Waals surface area contributed by atoms with Gasteiger partial charge in [-0.25, -0.2) is 0 Å². The average Bonchev–Trinajstić information content (AvgIpc) is 2.74. The second kappa shape index (κ2) is 10.4. The van der Waals surface area contributed by atoms with Crippen molar-refractivity contribution in [3.63, 3.8) is 0 Å². The van der Waals surface area contributed by atoms with Crippen LogP contribution in [0.2, 0.25) is 0 Å². The van der Waals surface area contributed by atoms with E-state index in [1.54, 1.807) is 46.6 Å². The minimum atomic E-state index is -0.187. The van der Waals surface area contributed by atoms with E-state index in [1.165, 1.54) is 6.08 Å². The van der Waals surface area contributed by atoms with Gasteiger partial charge in [-0.2, -0.15) is 0 Å². The average molecular weight is 399 g/mol. The third-order valence-electron chi connectivity index (χ3n) is 4.55. The van der Waals surface area contributed by atoms with Gasteiger partial charge >= 0.3 is 0 Å². The molecule has 6 nitrogen and oxygen atoms in total. The van der Waals surface area contributed by atoms with E-state index in [-0.39, 0.29) is 17.9 Å². The summed E-state index contributed by atoms with van der Waals surface area (Å²) in [7, 11) is 6.29. The molecule has 0 saturated carbocycles. The fourth-order valence-corrected chi connectivity index (χ4v) is 3.02. The van der Waals surface area contributed by atoms with E-state index >= 15 is 0 Å². The fraction of sp³-hybridized carbons (Fsp3) is 0.348. The van der Waals surface area contributed by atoms with Gasteiger partial charge in [0.15, 0.2) is 11.5 Å². The van der Waals surface area contributed by atoms with Crippen LogP contribution in [0.4, 0.5) is 0 Å². The molecule has 2 aromatic rings. The van der Waals surface area contributed by atoms with Crippen LogP contribution in [-0.2, 0) is 4.79 Å². The number of nitrogens with one attached hydrogen (secondary N) is 1. The van der Waals surface area contributed by atoms with E-state index in [0.717, 1.165) is 16.9 Å². The summed E-state index contributed by atoms with van der Waals surface area (Å²) in [6.07, 6.45) is 3.21. The van der Waals surface area contributed by atoms with E-state index in [9.17, 15) is 4.79 Å². The Morgan fingerprint density at radius 3 is 1.93 bits per heavy atom. The summed E-state index contributed by atoms with van der Waals surface area (Å²) in [5.41, 5.74) is 1.79. The Morgan fingerprint density at radius 1 is 0.897 bits per heavy atom. The molecule has 1 atom stereocenters. The van der Waals surface area contributed by atoms with Gasteiger partial charge in [0.1, 0.15) is 5.75 Å². The van der Waals surface area contributed by atoms with E-state index in [1.807, 2.05) is 24.3 Å². The van der Waals surface area contributed by atoms with Crippen LogP contribution in [0.1, 0.15) is 31.0 Å². The molecule has 2 rings (SSSR count). The van der Waals surface area contributed by atoms with Gasteiger partial charge in [0.25, 0.3) is 0 Å². The van der Waals surface area contributed by atoms with Gasteiger partial charge in [0, 0.05) is 6.08 Å². The fourth-order valence-electron chi connectivity index (χ4n) is 3.02. The number of hydrogen-bond acceptors (Lipinski definition) is 5. The van der Waals surface area contributed by atoms with Crippen molar-refractivity contribution in [2.75, 3.05) is 28.4 Å². The molecule has 0 bridgehead atoms. The van der Waals surface area contributed by atoms with Crippen LogP contribution in [0.3, 0.4) is 0 Å². The highest BCUT2D eigenvalue weighted by atomic mass is 16.5. The number of rotatable bonds is 9. The Labute approximate surface area is 172 Å². The van der Waals surface area contributed by atoms with Crippen molar-refractivity contribution in [3.05, 3.63) is 53.6 Å². The summed E-state index contributed by atoms with van der Waals surface area (Å²) in [6.45, 7) is 4.14. The highest BCUT2D eigenvalue weighted by molar-refractivity contribution is 5.92. The Balaban J connectivity index is 2.18. The van der Waals surface area contributed by atoms with Gasteiger partial charge < -0.3 is 24.3 Å². The molecule has 6 heteroatoms. The van der Waals surface area contributed by atoms with Gasteiger partial charge in [0.2, 0.25) is 11.7 Å². The minimum Gasteiger partial charge on any atom is -0.497 e. The zero-order valence-electron chi connectivity index (χ0n) is 17.8. The number of amides is 1. The summed E-state index contributed by atoms with van der Waals surface area (Å²) in [4.78, 5) is 12.5. The molecule has 0 saturated heterocycles. The van der Waals surface area contributed by atoms with E-state index in [4.69, 9.17) is 18.9 Å². The predicted octanol–water partition coefficient (Wildman–Crippen LogP) is 4.25. The normalized spacial score (nSPS) is 12.0. The van der Waals surface area contributed by atoms with E-state index in [2.05, 4.69) is 19.2 Å². The number of carbonyl (C=O) groups excluding carboxylic acids is 1. The SMILES string of the molecule is COc1ccc([C@H](NC(=O)/C=C/c2cc(OC)c(OC)c(OC)c2)C(C)C)cc1. The Bertz CT molecular complexity index is 818. The standard InChI is InChI=1S/C23H29NO5/c1-15(2)22(17-8-10-18(26-3)11-9-17)24-21(25)12-7-16-13-19(27-4)23(29-6)20(14-16)28-5/h7-15,22H,1-6H3,(H,24,25)/b12-7+/t22-/m1/s1. The molecule has 0 spiro atoms. The Morgan fingerprint density at radius 2 is 1.48 bits per heavy atom. The molecule has 0 radical (unpaired) electrons. The van der Waals surface area contributed by atoms with Crippen molar-refractivity contribution >= 4 is 12.0 Å².